The second kappa shape index (κ2) is 7.07. The van der Waals surface area contributed by atoms with Crippen molar-refractivity contribution in [2.75, 3.05) is 11.9 Å². The quantitative estimate of drug-likeness (QED) is 0.673. The fourth-order valence-electron chi connectivity index (χ4n) is 1.08. The van der Waals surface area contributed by atoms with Crippen molar-refractivity contribution in [2.45, 2.75) is 32.3 Å². The molecular formula is C8H17BrO2. The average molecular weight is 225 g/mol. The van der Waals surface area contributed by atoms with Crippen molar-refractivity contribution in [3.05, 3.63) is 0 Å². The van der Waals surface area contributed by atoms with Crippen molar-refractivity contribution in [1.29, 1.82) is 0 Å². The van der Waals surface area contributed by atoms with Crippen LogP contribution in [0.2, 0.25) is 0 Å². The minimum absolute atomic E-state index is 0.0503. The Kier molecular flexibility index (Phi) is 7.33. The smallest absolute Gasteiger partial charge is 0.0590 e. The first-order chi connectivity index (χ1) is 5.26. The molecule has 0 spiro atoms. The Bertz CT molecular complexity index is 88.2. The number of halogens is 1. The molecule has 2 N–H and O–H groups in total. The molecule has 2 atom stereocenters. The van der Waals surface area contributed by atoms with E-state index in [1.54, 1.807) is 0 Å². The van der Waals surface area contributed by atoms with Gasteiger partial charge in [-0.1, -0.05) is 29.3 Å². The summed E-state index contributed by atoms with van der Waals surface area (Å²) in [6.07, 6.45) is 2.28. The van der Waals surface area contributed by atoms with E-state index in [9.17, 15) is 5.11 Å². The zero-order chi connectivity index (χ0) is 8.69. The van der Waals surface area contributed by atoms with Crippen molar-refractivity contribution in [3.63, 3.8) is 0 Å². The lowest BCUT2D eigenvalue weighted by atomic mass is 9.97. The van der Waals surface area contributed by atoms with Gasteiger partial charge in [-0.05, 0) is 12.8 Å². The molecule has 0 aromatic heterocycles. The van der Waals surface area contributed by atoms with E-state index < -0.39 is 0 Å². The monoisotopic (exact) mass is 224 g/mol. The molecular weight excluding hydrogens is 208 g/mol. The van der Waals surface area contributed by atoms with Crippen molar-refractivity contribution >= 4 is 15.9 Å². The zero-order valence-electron chi connectivity index (χ0n) is 6.96. The standard InChI is InChI=1S/C8H17BrO2/c1-2-3-8(11)7(6-10)4-5-9/h7-8,10-11H,2-6H2,1H3. The number of hydrogen-bond donors (Lipinski definition) is 2. The lowest BCUT2D eigenvalue weighted by Gasteiger charge is -2.18. The van der Waals surface area contributed by atoms with Crippen LogP contribution in [0, 0.1) is 5.92 Å². The van der Waals surface area contributed by atoms with E-state index in [0.717, 1.165) is 24.6 Å². The molecule has 0 aliphatic rings. The average Bonchev–Trinajstić information content (AvgIpc) is 2.00. The van der Waals surface area contributed by atoms with Crippen LogP contribution >= 0.6 is 15.9 Å². The molecule has 0 saturated carbocycles. The number of aliphatic hydroxyl groups excluding tert-OH is 2. The van der Waals surface area contributed by atoms with Crippen molar-refractivity contribution < 1.29 is 10.2 Å². The molecule has 0 saturated heterocycles. The maximum atomic E-state index is 9.46. The van der Waals surface area contributed by atoms with Crippen LogP contribution in [0.15, 0.2) is 0 Å². The highest BCUT2D eigenvalue weighted by atomic mass is 79.9. The van der Waals surface area contributed by atoms with Gasteiger partial charge in [-0.2, -0.15) is 0 Å². The molecule has 0 rings (SSSR count). The van der Waals surface area contributed by atoms with E-state index >= 15 is 0 Å². The molecule has 0 aromatic rings. The van der Waals surface area contributed by atoms with E-state index in [0.29, 0.717) is 0 Å². The van der Waals surface area contributed by atoms with Crippen LogP contribution in [0.4, 0.5) is 0 Å². The number of hydrogen-bond acceptors (Lipinski definition) is 2. The molecule has 68 valence electrons. The van der Waals surface area contributed by atoms with Crippen LogP contribution in [0.25, 0.3) is 0 Å². The van der Waals surface area contributed by atoms with Crippen LogP contribution in [0.3, 0.4) is 0 Å². The topological polar surface area (TPSA) is 40.5 Å². The molecule has 2 nitrogen and oxygen atoms in total. The van der Waals surface area contributed by atoms with Gasteiger partial charge in [-0.3, -0.25) is 0 Å². The second-order valence-corrected chi connectivity index (χ2v) is 3.57. The molecule has 2 unspecified atom stereocenters. The molecule has 0 aromatic carbocycles. The van der Waals surface area contributed by atoms with E-state index in [1.165, 1.54) is 0 Å². The molecule has 0 amide bonds. The summed E-state index contributed by atoms with van der Waals surface area (Å²) in [5.74, 6) is 0.0503. The summed E-state index contributed by atoms with van der Waals surface area (Å²) in [5, 5.41) is 19.2. The largest absolute Gasteiger partial charge is 0.396 e. The maximum Gasteiger partial charge on any atom is 0.0590 e. The molecule has 11 heavy (non-hydrogen) atoms. The van der Waals surface area contributed by atoms with Gasteiger partial charge in [0, 0.05) is 17.9 Å². The summed E-state index contributed by atoms with van der Waals surface area (Å²) in [6.45, 7) is 2.12. The molecule has 0 aliphatic carbocycles. The van der Waals surface area contributed by atoms with E-state index in [2.05, 4.69) is 15.9 Å². The van der Waals surface area contributed by atoms with Crippen LogP contribution in [0.5, 0.6) is 0 Å². The first-order valence-electron chi connectivity index (χ1n) is 4.11. The van der Waals surface area contributed by atoms with Crippen molar-refractivity contribution in [3.8, 4) is 0 Å². The Labute approximate surface area is 76.7 Å². The van der Waals surface area contributed by atoms with E-state index in [1.807, 2.05) is 6.92 Å². The van der Waals surface area contributed by atoms with Gasteiger partial charge in [0.1, 0.15) is 0 Å². The predicted molar refractivity (Wildman–Crippen MR) is 49.9 cm³/mol. The van der Waals surface area contributed by atoms with Crippen LogP contribution in [0.1, 0.15) is 26.2 Å². The SMILES string of the molecule is CCCC(O)C(CO)CCBr. The van der Waals surface area contributed by atoms with Crippen LogP contribution in [-0.4, -0.2) is 28.3 Å². The highest BCUT2D eigenvalue weighted by Gasteiger charge is 2.16. The number of alkyl halides is 1. The fraction of sp³-hybridized carbons (Fsp3) is 1.00. The Morgan fingerprint density at radius 3 is 2.36 bits per heavy atom. The van der Waals surface area contributed by atoms with Crippen molar-refractivity contribution in [2.24, 2.45) is 5.92 Å². The van der Waals surface area contributed by atoms with Gasteiger partial charge in [0.15, 0.2) is 0 Å². The summed E-state index contributed by atoms with van der Waals surface area (Å²) in [5.41, 5.74) is 0. The molecule has 0 bridgehead atoms. The summed E-state index contributed by atoms with van der Waals surface area (Å²) in [7, 11) is 0. The highest BCUT2D eigenvalue weighted by molar-refractivity contribution is 9.09. The molecule has 0 fully saturated rings. The van der Waals surface area contributed by atoms with Gasteiger partial charge in [0.05, 0.1) is 6.10 Å². The highest BCUT2D eigenvalue weighted by Crippen LogP contribution is 2.14. The molecule has 0 radical (unpaired) electrons. The molecule has 0 aliphatic heterocycles. The van der Waals surface area contributed by atoms with Crippen LogP contribution < -0.4 is 0 Å². The molecule has 3 heteroatoms. The lowest BCUT2D eigenvalue weighted by molar-refractivity contribution is 0.0591. The summed E-state index contributed by atoms with van der Waals surface area (Å²) in [6, 6.07) is 0. The number of rotatable bonds is 6. The van der Waals surface area contributed by atoms with Gasteiger partial charge in [0.25, 0.3) is 0 Å². The third-order valence-electron chi connectivity index (χ3n) is 1.84. The summed E-state index contributed by atoms with van der Waals surface area (Å²) >= 11 is 3.29. The van der Waals surface area contributed by atoms with Gasteiger partial charge >= 0.3 is 0 Å². The Morgan fingerprint density at radius 2 is 2.00 bits per heavy atom. The summed E-state index contributed by atoms with van der Waals surface area (Å²) < 4.78 is 0. The van der Waals surface area contributed by atoms with E-state index in [4.69, 9.17) is 5.11 Å². The normalized spacial score (nSPS) is 16.4. The van der Waals surface area contributed by atoms with Gasteiger partial charge in [0.2, 0.25) is 0 Å². The number of aliphatic hydroxyl groups is 2. The second-order valence-electron chi connectivity index (χ2n) is 2.78. The third kappa shape index (κ3) is 4.77. The van der Waals surface area contributed by atoms with Crippen LogP contribution in [-0.2, 0) is 0 Å². The summed E-state index contributed by atoms with van der Waals surface area (Å²) in [4.78, 5) is 0. The fourth-order valence-corrected chi connectivity index (χ4v) is 1.67. The maximum absolute atomic E-state index is 9.46. The van der Waals surface area contributed by atoms with Gasteiger partial charge in [-0.15, -0.1) is 0 Å². The first kappa shape index (κ1) is 11.4. The Balaban J connectivity index is 3.61. The van der Waals surface area contributed by atoms with Gasteiger partial charge < -0.3 is 10.2 Å². The Morgan fingerprint density at radius 1 is 1.36 bits per heavy atom. The lowest BCUT2D eigenvalue weighted by Crippen LogP contribution is -2.23. The molecule has 0 heterocycles. The minimum Gasteiger partial charge on any atom is -0.396 e. The zero-order valence-corrected chi connectivity index (χ0v) is 8.55. The third-order valence-corrected chi connectivity index (χ3v) is 2.30. The predicted octanol–water partition coefficient (Wildman–Crippen LogP) is 1.54. The van der Waals surface area contributed by atoms with Crippen molar-refractivity contribution in [1.82, 2.24) is 0 Å². The van der Waals surface area contributed by atoms with E-state index in [-0.39, 0.29) is 18.6 Å². The minimum atomic E-state index is -0.331. The van der Waals surface area contributed by atoms with Gasteiger partial charge in [-0.25, -0.2) is 0 Å². The first-order valence-corrected chi connectivity index (χ1v) is 5.23. The Hall–Kier alpha value is 0.400.